The van der Waals surface area contributed by atoms with E-state index in [0.29, 0.717) is 43.6 Å². The van der Waals surface area contributed by atoms with Gasteiger partial charge in [0.05, 0.1) is 48.4 Å². The minimum Gasteiger partial charge on any atom is -0.481 e. The number of nitro groups is 1. The Balaban J connectivity index is 1.90. The van der Waals surface area contributed by atoms with Crippen molar-refractivity contribution in [3.05, 3.63) is 52.2 Å². The zero-order valence-electron chi connectivity index (χ0n) is 14.2. The Labute approximate surface area is 149 Å². The lowest BCUT2D eigenvalue weighted by atomic mass is 10.1. The van der Waals surface area contributed by atoms with Crippen molar-refractivity contribution in [3.8, 4) is 5.88 Å². The molecule has 1 amide bonds. The Bertz CT molecular complexity index is 803. The number of hydrogen-bond acceptors (Lipinski definition) is 7. The van der Waals surface area contributed by atoms with Crippen molar-refractivity contribution in [2.24, 2.45) is 0 Å². The zero-order valence-corrected chi connectivity index (χ0v) is 14.2. The Morgan fingerprint density at radius 2 is 2.08 bits per heavy atom. The maximum absolute atomic E-state index is 12.8. The summed E-state index contributed by atoms with van der Waals surface area (Å²) in [5, 5.41) is 13.8. The Hall–Kier alpha value is -3.20. The van der Waals surface area contributed by atoms with E-state index in [1.54, 1.807) is 18.2 Å². The number of aromatic nitrogens is 1. The Morgan fingerprint density at radius 1 is 1.31 bits per heavy atom. The first-order valence-electron chi connectivity index (χ1n) is 8.01. The summed E-state index contributed by atoms with van der Waals surface area (Å²) in [7, 11) is 1.50. The van der Waals surface area contributed by atoms with Gasteiger partial charge in [0.15, 0.2) is 0 Å². The minimum absolute atomic E-state index is 0.139. The summed E-state index contributed by atoms with van der Waals surface area (Å²) < 4.78 is 10.3. The van der Waals surface area contributed by atoms with Crippen LogP contribution >= 0.6 is 0 Å². The molecule has 1 aromatic carbocycles. The van der Waals surface area contributed by atoms with Gasteiger partial charge in [-0.25, -0.2) is 4.98 Å². The van der Waals surface area contributed by atoms with Crippen LogP contribution in [0.4, 0.5) is 17.1 Å². The summed E-state index contributed by atoms with van der Waals surface area (Å²) >= 11 is 0. The van der Waals surface area contributed by atoms with Gasteiger partial charge in [-0.15, -0.1) is 0 Å². The van der Waals surface area contributed by atoms with Gasteiger partial charge in [0, 0.05) is 31.3 Å². The number of anilines is 2. The highest BCUT2D eigenvalue weighted by Gasteiger charge is 2.22. The third-order valence-corrected chi connectivity index (χ3v) is 3.99. The third kappa shape index (κ3) is 3.89. The van der Waals surface area contributed by atoms with Gasteiger partial charge in [0.2, 0.25) is 5.88 Å². The summed E-state index contributed by atoms with van der Waals surface area (Å²) in [6, 6.07) is 7.56. The van der Waals surface area contributed by atoms with Crippen molar-refractivity contribution in [2.45, 2.75) is 0 Å². The normalized spacial score (nSPS) is 14.0. The molecule has 1 aromatic heterocycles. The van der Waals surface area contributed by atoms with Gasteiger partial charge in [-0.05, 0) is 12.1 Å². The van der Waals surface area contributed by atoms with Crippen molar-refractivity contribution in [2.75, 3.05) is 43.6 Å². The molecule has 26 heavy (non-hydrogen) atoms. The van der Waals surface area contributed by atoms with Crippen molar-refractivity contribution in [3.63, 3.8) is 0 Å². The molecular formula is C17H18N4O5. The smallest absolute Gasteiger partial charge is 0.270 e. The maximum atomic E-state index is 12.8. The number of nitro benzene ring substituents is 1. The predicted octanol–water partition coefficient (Wildman–Crippen LogP) is 2.09. The standard InChI is InChI=1S/C17H18N4O5/c1-25-16-5-2-12(11-18-16)19-17(22)14-10-13(21(23)24)3-4-15(14)20-6-8-26-9-7-20/h2-5,10-11H,6-9H2,1H3,(H,19,22). The van der Waals surface area contributed by atoms with Gasteiger partial charge < -0.3 is 19.7 Å². The van der Waals surface area contributed by atoms with Gasteiger partial charge >= 0.3 is 0 Å². The number of non-ortho nitro benzene ring substituents is 1. The number of benzene rings is 1. The predicted molar refractivity (Wildman–Crippen MR) is 94.9 cm³/mol. The highest BCUT2D eigenvalue weighted by atomic mass is 16.6. The van der Waals surface area contributed by atoms with Crippen LogP contribution in [0.1, 0.15) is 10.4 Å². The molecule has 3 rings (SSSR count). The highest BCUT2D eigenvalue weighted by molar-refractivity contribution is 6.08. The van der Waals surface area contributed by atoms with E-state index < -0.39 is 10.8 Å². The second kappa shape index (κ2) is 7.79. The number of amides is 1. The first-order chi connectivity index (χ1) is 12.6. The molecular weight excluding hydrogens is 340 g/mol. The van der Waals surface area contributed by atoms with E-state index in [0.717, 1.165) is 0 Å². The Kier molecular flexibility index (Phi) is 5.28. The van der Waals surface area contributed by atoms with Crippen LogP contribution < -0.4 is 15.0 Å². The van der Waals surface area contributed by atoms with Gasteiger partial charge in [-0.3, -0.25) is 14.9 Å². The number of nitrogens with zero attached hydrogens (tertiary/aromatic N) is 3. The average Bonchev–Trinajstić information content (AvgIpc) is 2.68. The number of rotatable bonds is 5. The summed E-state index contributed by atoms with van der Waals surface area (Å²) in [5.41, 5.74) is 1.20. The van der Waals surface area contributed by atoms with Crippen molar-refractivity contribution >= 4 is 23.0 Å². The van der Waals surface area contributed by atoms with E-state index in [-0.39, 0.29) is 11.3 Å². The van der Waals surface area contributed by atoms with Crippen LogP contribution in [0.3, 0.4) is 0 Å². The fourth-order valence-corrected chi connectivity index (χ4v) is 2.67. The van der Waals surface area contributed by atoms with Crippen molar-refractivity contribution < 1.29 is 19.2 Å². The number of methoxy groups -OCH3 is 1. The molecule has 2 heterocycles. The van der Waals surface area contributed by atoms with Crippen LogP contribution in [0.15, 0.2) is 36.5 Å². The number of carbonyl (C=O) groups excluding carboxylic acids is 1. The number of morpholine rings is 1. The lowest BCUT2D eigenvalue weighted by molar-refractivity contribution is -0.384. The lowest BCUT2D eigenvalue weighted by Crippen LogP contribution is -2.37. The lowest BCUT2D eigenvalue weighted by Gasteiger charge is -2.30. The highest BCUT2D eigenvalue weighted by Crippen LogP contribution is 2.27. The van der Waals surface area contributed by atoms with Crippen molar-refractivity contribution in [1.29, 1.82) is 0 Å². The second-order valence-corrected chi connectivity index (χ2v) is 5.60. The minimum atomic E-state index is -0.519. The summed E-state index contributed by atoms with van der Waals surface area (Å²) in [4.78, 5) is 29.4. The molecule has 9 heteroatoms. The van der Waals surface area contributed by atoms with Gasteiger partial charge in [0.1, 0.15) is 0 Å². The average molecular weight is 358 g/mol. The molecule has 136 valence electrons. The molecule has 0 saturated carbocycles. The van der Waals surface area contributed by atoms with Crippen LogP contribution in [0, 0.1) is 10.1 Å². The monoisotopic (exact) mass is 358 g/mol. The zero-order chi connectivity index (χ0) is 18.5. The fraction of sp³-hybridized carbons (Fsp3) is 0.294. The molecule has 1 aliphatic rings. The quantitative estimate of drug-likeness (QED) is 0.644. The third-order valence-electron chi connectivity index (χ3n) is 3.99. The molecule has 2 aromatic rings. The summed E-state index contributed by atoms with van der Waals surface area (Å²) in [6.45, 7) is 2.31. The first-order valence-corrected chi connectivity index (χ1v) is 8.01. The molecule has 0 aliphatic carbocycles. The molecule has 0 atom stereocenters. The van der Waals surface area contributed by atoms with Gasteiger partial charge in [-0.2, -0.15) is 0 Å². The maximum Gasteiger partial charge on any atom is 0.270 e. The SMILES string of the molecule is COc1ccc(NC(=O)c2cc([N+](=O)[O-])ccc2N2CCOCC2)cn1. The Morgan fingerprint density at radius 3 is 2.69 bits per heavy atom. The van der Waals surface area contributed by atoms with Gasteiger partial charge in [0.25, 0.3) is 11.6 Å². The van der Waals surface area contributed by atoms with Crippen LogP contribution in [0.25, 0.3) is 0 Å². The number of carbonyl (C=O) groups is 1. The molecule has 0 bridgehead atoms. The van der Waals surface area contributed by atoms with E-state index in [9.17, 15) is 14.9 Å². The van der Waals surface area contributed by atoms with E-state index in [2.05, 4.69) is 10.3 Å². The second-order valence-electron chi connectivity index (χ2n) is 5.60. The molecule has 0 unspecified atom stereocenters. The molecule has 1 saturated heterocycles. The fourth-order valence-electron chi connectivity index (χ4n) is 2.67. The molecule has 1 aliphatic heterocycles. The van der Waals surface area contributed by atoms with Crippen LogP contribution in [0.5, 0.6) is 5.88 Å². The molecule has 0 radical (unpaired) electrons. The van der Waals surface area contributed by atoms with E-state index in [1.807, 2.05) is 4.90 Å². The van der Waals surface area contributed by atoms with Crippen molar-refractivity contribution in [1.82, 2.24) is 4.98 Å². The van der Waals surface area contributed by atoms with Crippen LogP contribution in [0.2, 0.25) is 0 Å². The molecule has 9 nitrogen and oxygen atoms in total. The number of hydrogen-bond donors (Lipinski definition) is 1. The largest absolute Gasteiger partial charge is 0.481 e. The molecule has 1 fully saturated rings. The number of pyridine rings is 1. The number of nitrogens with one attached hydrogen (secondary N) is 1. The first kappa shape index (κ1) is 17.6. The van der Waals surface area contributed by atoms with Crippen LogP contribution in [-0.4, -0.2) is 49.2 Å². The number of ether oxygens (including phenoxy) is 2. The topological polar surface area (TPSA) is 107 Å². The molecule has 1 N–H and O–H groups in total. The summed E-state index contributed by atoms with van der Waals surface area (Å²) in [6.07, 6.45) is 1.46. The van der Waals surface area contributed by atoms with E-state index in [4.69, 9.17) is 9.47 Å². The summed E-state index contributed by atoms with van der Waals surface area (Å²) in [5.74, 6) is -0.0190. The van der Waals surface area contributed by atoms with E-state index >= 15 is 0 Å². The molecule has 0 spiro atoms. The van der Waals surface area contributed by atoms with Gasteiger partial charge in [-0.1, -0.05) is 0 Å². The van der Waals surface area contributed by atoms with Crippen LogP contribution in [-0.2, 0) is 4.74 Å². The van der Waals surface area contributed by atoms with E-state index in [1.165, 1.54) is 25.4 Å².